The van der Waals surface area contributed by atoms with Crippen LogP contribution in [0.1, 0.15) is 58.5 Å². The quantitative estimate of drug-likeness (QED) is 0.713. The molecule has 1 heterocycles. The van der Waals surface area contributed by atoms with E-state index in [0.717, 1.165) is 24.0 Å². The van der Waals surface area contributed by atoms with E-state index in [0.29, 0.717) is 11.1 Å². The fourth-order valence-corrected chi connectivity index (χ4v) is 2.43. The van der Waals surface area contributed by atoms with Crippen LogP contribution in [0.2, 0.25) is 0 Å². The molecule has 1 aliphatic carbocycles. The van der Waals surface area contributed by atoms with Crippen molar-refractivity contribution in [1.29, 1.82) is 0 Å². The Balaban J connectivity index is 0.000000574. The Kier molecular flexibility index (Phi) is 3.24. The molecule has 3 rings (SSSR count). The van der Waals surface area contributed by atoms with E-state index in [1.807, 2.05) is 39.8 Å². The topological polar surface area (TPSA) is 37.4 Å². The van der Waals surface area contributed by atoms with E-state index in [-0.39, 0.29) is 17.9 Å². The van der Waals surface area contributed by atoms with Gasteiger partial charge in [0.25, 0.3) is 11.8 Å². The summed E-state index contributed by atoms with van der Waals surface area (Å²) in [5, 5.41) is 0. The van der Waals surface area contributed by atoms with Crippen LogP contribution in [-0.2, 0) is 0 Å². The Morgan fingerprint density at radius 1 is 1.06 bits per heavy atom. The smallest absolute Gasteiger partial charge is 0.262 e. The molecule has 2 amide bonds. The highest BCUT2D eigenvalue weighted by atomic mass is 16.2. The zero-order valence-corrected chi connectivity index (χ0v) is 11.4. The zero-order chi connectivity index (χ0) is 13.4. The molecule has 3 heteroatoms. The van der Waals surface area contributed by atoms with Crippen LogP contribution < -0.4 is 0 Å². The predicted molar refractivity (Wildman–Crippen MR) is 70.8 cm³/mol. The molecule has 18 heavy (non-hydrogen) atoms. The second-order valence-corrected chi connectivity index (χ2v) is 4.72. The lowest BCUT2D eigenvalue weighted by Gasteiger charge is -2.11. The van der Waals surface area contributed by atoms with Crippen molar-refractivity contribution >= 4 is 11.8 Å². The maximum absolute atomic E-state index is 12.1. The van der Waals surface area contributed by atoms with Crippen LogP contribution in [0.5, 0.6) is 0 Å². The number of imide groups is 1. The van der Waals surface area contributed by atoms with Gasteiger partial charge in [-0.05, 0) is 38.3 Å². The third-order valence-electron chi connectivity index (χ3n) is 3.27. The fourth-order valence-electron chi connectivity index (χ4n) is 2.43. The van der Waals surface area contributed by atoms with Crippen LogP contribution in [-0.4, -0.2) is 22.8 Å². The molecule has 0 bridgehead atoms. The molecular weight excluding hydrogens is 226 g/mol. The Bertz CT molecular complexity index is 515. The van der Waals surface area contributed by atoms with Crippen molar-refractivity contribution in [1.82, 2.24) is 4.90 Å². The number of hydrogen-bond donors (Lipinski definition) is 0. The maximum Gasteiger partial charge on any atom is 0.262 e. The minimum Gasteiger partial charge on any atom is -0.271 e. The Morgan fingerprint density at radius 3 is 2.22 bits per heavy atom. The van der Waals surface area contributed by atoms with Gasteiger partial charge in [0, 0.05) is 6.04 Å². The fraction of sp³-hybridized carbons (Fsp3) is 0.467. The van der Waals surface area contributed by atoms with Gasteiger partial charge in [0.15, 0.2) is 0 Å². The van der Waals surface area contributed by atoms with Crippen molar-refractivity contribution in [3.8, 4) is 0 Å². The van der Waals surface area contributed by atoms with Crippen LogP contribution in [0.15, 0.2) is 12.1 Å². The van der Waals surface area contributed by atoms with E-state index in [1.54, 1.807) is 0 Å². The number of hydrogen-bond acceptors (Lipinski definition) is 2. The molecule has 0 saturated heterocycles. The van der Waals surface area contributed by atoms with Crippen LogP contribution >= 0.6 is 0 Å². The van der Waals surface area contributed by atoms with Gasteiger partial charge >= 0.3 is 0 Å². The highest BCUT2D eigenvalue weighted by Crippen LogP contribution is 2.36. The lowest BCUT2D eigenvalue weighted by Crippen LogP contribution is -2.31. The molecular formula is C15H19NO2. The van der Waals surface area contributed by atoms with Gasteiger partial charge < -0.3 is 0 Å². The molecule has 0 radical (unpaired) electrons. The average Bonchev–Trinajstić information content (AvgIpc) is 3.11. The first kappa shape index (κ1) is 12.8. The lowest BCUT2D eigenvalue weighted by molar-refractivity contribution is 0.0642. The van der Waals surface area contributed by atoms with Gasteiger partial charge in [-0.1, -0.05) is 25.5 Å². The van der Waals surface area contributed by atoms with E-state index in [2.05, 4.69) is 0 Å². The summed E-state index contributed by atoms with van der Waals surface area (Å²) in [4.78, 5) is 25.7. The lowest BCUT2D eigenvalue weighted by atomic mass is 10.0. The molecule has 3 nitrogen and oxygen atoms in total. The van der Waals surface area contributed by atoms with Gasteiger partial charge in [0.2, 0.25) is 0 Å². The summed E-state index contributed by atoms with van der Waals surface area (Å²) in [5.41, 5.74) is 3.16. The Hall–Kier alpha value is -1.64. The van der Waals surface area contributed by atoms with E-state index < -0.39 is 0 Å². The molecule has 0 aromatic heterocycles. The zero-order valence-electron chi connectivity index (χ0n) is 11.4. The molecule has 1 saturated carbocycles. The predicted octanol–water partition coefficient (Wildman–Crippen LogP) is 3.09. The molecule has 1 aromatic rings. The number of amides is 2. The van der Waals surface area contributed by atoms with E-state index in [4.69, 9.17) is 0 Å². The molecule has 2 aliphatic rings. The van der Waals surface area contributed by atoms with Crippen LogP contribution in [0.3, 0.4) is 0 Å². The van der Waals surface area contributed by atoms with Crippen molar-refractivity contribution < 1.29 is 9.59 Å². The molecule has 0 spiro atoms. The molecule has 0 N–H and O–H groups in total. The third kappa shape index (κ3) is 1.84. The van der Waals surface area contributed by atoms with Gasteiger partial charge in [0.05, 0.1) is 11.1 Å². The minimum absolute atomic E-state index is 0.0972. The maximum atomic E-state index is 12.1. The Morgan fingerprint density at radius 2 is 1.67 bits per heavy atom. The number of carbonyl (C=O) groups is 2. The minimum atomic E-state index is -0.102. The average molecular weight is 245 g/mol. The monoisotopic (exact) mass is 245 g/mol. The first-order chi connectivity index (χ1) is 8.59. The standard InChI is InChI=1S/C13H13NO2.C2H6/c1-7-5-8(2)11-10(6-7)12(15)14(13(11)16)9-3-4-9;1-2/h5-6,9H,3-4H2,1-2H3;1-2H3. The summed E-state index contributed by atoms with van der Waals surface area (Å²) in [5.74, 6) is -0.200. The van der Waals surface area contributed by atoms with E-state index >= 15 is 0 Å². The number of fused-ring (bicyclic) bond motifs is 1. The summed E-state index contributed by atoms with van der Waals surface area (Å²) in [6.45, 7) is 7.85. The molecule has 1 fully saturated rings. The summed E-state index contributed by atoms with van der Waals surface area (Å²) in [6.07, 6.45) is 1.92. The number of nitrogens with zero attached hydrogens (tertiary/aromatic N) is 1. The third-order valence-corrected chi connectivity index (χ3v) is 3.27. The SMILES string of the molecule is CC.Cc1cc(C)c2c(c1)C(=O)N(C1CC1)C2=O. The number of carbonyl (C=O) groups excluding carboxylic acids is 2. The van der Waals surface area contributed by atoms with Gasteiger partial charge in [0.1, 0.15) is 0 Å². The number of rotatable bonds is 1. The van der Waals surface area contributed by atoms with E-state index in [9.17, 15) is 9.59 Å². The van der Waals surface area contributed by atoms with Crippen LogP contribution in [0, 0.1) is 13.8 Å². The summed E-state index contributed by atoms with van der Waals surface area (Å²) in [7, 11) is 0. The first-order valence-corrected chi connectivity index (χ1v) is 6.58. The normalized spacial score (nSPS) is 17.4. The summed E-state index contributed by atoms with van der Waals surface area (Å²) in [6, 6.07) is 3.94. The van der Waals surface area contributed by atoms with Crippen molar-refractivity contribution in [2.75, 3.05) is 0 Å². The second-order valence-electron chi connectivity index (χ2n) is 4.72. The van der Waals surface area contributed by atoms with Crippen LogP contribution in [0.4, 0.5) is 0 Å². The first-order valence-electron chi connectivity index (χ1n) is 6.58. The van der Waals surface area contributed by atoms with Crippen molar-refractivity contribution in [3.63, 3.8) is 0 Å². The van der Waals surface area contributed by atoms with Gasteiger partial charge in [-0.15, -0.1) is 0 Å². The van der Waals surface area contributed by atoms with Gasteiger partial charge in [-0.3, -0.25) is 14.5 Å². The highest BCUT2D eigenvalue weighted by Gasteiger charge is 2.44. The Labute approximate surface area is 108 Å². The molecule has 0 atom stereocenters. The largest absolute Gasteiger partial charge is 0.271 e. The molecule has 1 aromatic carbocycles. The van der Waals surface area contributed by atoms with Gasteiger partial charge in [-0.25, -0.2) is 0 Å². The molecule has 0 unspecified atom stereocenters. The second kappa shape index (κ2) is 4.56. The van der Waals surface area contributed by atoms with Crippen LogP contribution in [0.25, 0.3) is 0 Å². The number of benzene rings is 1. The number of aryl methyl sites for hydroxylation is 2. The summed E-state index contributed by atoms with van der Waals surface area (Å²) < 4.78 is 0. The highest BCUT2D eigenvalue weighted by molar-refractivity contribution is 6.22. The van der Waals surface area contributed by atoms with Crippen molar-refractivity contribution in [2.45, 2.75) is 46.6 Å². The molecule has 96 valence electrons. The van der Waals surface area contributed by atoms with Gasteiger partial charge in [-0.2, -0.15) is 0 Å². The summed E-state index contributed by atoms with van der Waals surface area (Å²) >= 11 is 0. The molecule has 1 aliphatic heterocycles. The van der Waals surface area contributed by atoms with Crippen molar-refractivity contribution in [2.24, 2.45) is 0 Å². The van der Waals surface area contributed by atoms with Crippen molar-refractivity contribution in [3.05, 3.63) is 34.4 Å². The van der Waals surface area contributed by atoms with E-state index in [1.165, 1.54) is 4.90 Å².